The number of carbonyl (C=O) groups excluding carboxylic acids is 4. The highest BCUT2D eigenvalue weighted by molar-refractivity contribution is 5.99. The van der Waals surface area contributed by atoms with Crippen LogP contribution in [0.15, 0.2) is 54.9 Å². The minimum Gasteiger partial charge on any atom is -0.506 e. The lowest BCUT2D eigenvalue weighted by Crippen LogP contribution is -2.14. The summed E-state index contributed by atoms with van der Waals surface area (Å²) in [7, 11) is 0. The Bertz CT molecular complexity index is 1260. The molecule has 37 heavy (non-hydrogen) atoms. The van der Waals surface area contributed by atoms with E-state index in [2.05, 4.69) is 9.97 Å². The number of aromatic hydroxyl groups is 2. The molecule has 0 aliphatic heterocycles. The zero-order valence-electron chi connectivity index (χ0n) is 20.2. The van der Waals surface area contributed by atoms with E-state index in [9.17, 15) is 24.3 Å². The van der Waals surface area contributed by atoms with Crippen LogP contribution in [0.5, 0.6) is 17.2 Å². The highest BCUT2D eigenvalue weighted by Crippen LogP contribution is 2.22. The zero-order valence-corrected chi connectivity index (χ0v) is 20.2. The highest BCUT2D eigenvalue weighted by atomic mass is 16.5. The van der Waals surface area contributed by atoms with Gasteiger partial charge in [0.05, 0.1) is 6.20 Å². The number of hydrogen-bond acceptors (Lipinski definition) is 9. The molecule has 0 spiro atoms. The molecule has 11 heteroatoms. The van der Waals surface area contributed by atoms with Crippen LogP contribution in [0.1, 0.15) is 57.8 Å². The highest BCUT2D eigenvalue weighted by Gasteiger charge is 2.16. The van der Waals surface area contributed by atoms with Crippen LogP contribution in [0.25, 0.3) is 0 Å². The molecule has 0 aliphatic rings. The van der Waals surface area contributed by atoms with E-state index in [0.29, 0.717) is 12.4 Å². The summed E-state index contributed by atoms with van der Waals surface area (Å²) in [5.41, 5.74) is 11.9. The number of Topliss-reactive ketones (excluding diaryl/α,β-unsaturated/α-hetero) is 2. The van der Waals surface area contributed by atoms with Gasteiger partial charge in [-0.1, -0.05) is 30.3 Å². The van der Waals surface area contributed by atoms with Gasteiger partial charge >= 0.3 is 0 Å². The van der Waals surface area contributed by atoms with Gasteiger partial charge in [-0.25, -0.2) is 9.97 Å². The topological polar surface area (TPSA) is 196 Å². The van der Waals surface area contributed by atoms with Crippen LogP contribution < -0.4 is 16.2 Å². The van der Waals surface area contributed by atoms with Crippen LogP contribution in [0.2, 0.25) is 0 Å². The normalized spacial score (nSPS) is 10.1. The van der Waals surface area contributed by atoms with Crippen molar-refractivity contribution >= 4 is 23.4 Å². The van der Waals surface area contributed by atoms with E-state index in [4.69, 9.17) is 21.3 Å². The number of nitrogens with zero attached hydrogens (tertiary/aromatic N) is 2. The minimum absolute atomic E-state index is 0.00646. The van der Waals surface area contributed by atoms with Crippen LogP contribution in [0.4, 0.5) is 0 Å². The largest absolute Gasteiger partial charge is 0.506 e. The van der Waals surface area contributed by atoms with E-state index in [1.807, 2.05) is 37.3 Å². The average molecular weight is 509 g/mol. The van der Waals surface area contributed by atoms with Crippen LogP contribution in [0.3, 0.4) is 0 Å². The summed E-state index contributed by atoms with van der Waals surface area (Å²) in [5.74, 6) is -2.07. The first kappa shape index (κ1) is 28.4. The van der Waals surface area contributed by atoms with Crippen LogP contribution in [0, 0.1) is 6.92 Å². The Morgan fingerprint density at radius 2 is 1.38 bits per heavy atom. The number of hydrogen-bond donors (Lipinski definition) is 4. The molecule has 0 unspecified atom stereocenters. The van der Waals surface area contributed by atoms with Gasteiger partial charge < -0.3 is 26.4 Å². The summed E-state index contributed by atoms with van der Waals surface area (Å²) >= 11 is 0. The maximum Gasteiger partial charge on any atom is 0.217 e. The quantitative estimate of drug-likeness (QED) is 0.281. The Kier molecular flexibility index (Phi) is 10.7. The van der Waals surface area contributed by atoms with Gasteiger partial charge in [0.25, 0.3) is 0 Å². The maximum absolute atomic E-state index is 12.1. The second kappa shape index (κ2) is 13.9. The van der Waals surface area contributed by atoms with Crippen molar-refractivity contribution in [3.8, 4) is 17.2 Å². The maximum atomic E-state index is 12.1. The van der Waals surface area contributed by atoms with Gasteiger partial charge in [-0.15, -0.1) is 0 Å². The van der Waals surface area contributed by atoms with E-state index in [-0.39, 0.29) is 48.6 Å². The Labute approximate surface area is 213 Å². The Morgan fingerprint density at radius 3 is 1.95 bits per heavy atom. The number of aromatic nitrogens is 2. The molecule has 0 saturated heterocycles. The van der Waals surface area contributed by atoms with Gasteiger partial charge in [0.15, 0.2) is 11.6 Å². The SMILES string of the molecule is Cc1cnc(C(=O)CCC(N)=O)c(OCc2ccccc2)c1.NC(=O)CCC(=O)c1ncc(O)cc1O. The predicted octanol–water partition coefficient (Wildman–Crippen LogP) is 2.36. The third-order valence-electron chi connectivity index (χ3n) is 4.80. The van der Waals surface area contributed by atoms with Gasteiger partial charge in [-0.3, -0.25) is 19.2 Å². The third kappa shape index (κ3) is 9.76. The van der Waals surface area contributed by atoms with E-state index < -0.39 is 23.3 Å². The Balaban J connectivity index is 0.000000281. The van der Waals surface area contributed by atoms with Gasteiger partial charge in [-0.05, 0) is 24.1 Å². The van der Waals surface area contributed by atoms with E-state index in [1.54, 1.807) is 12.3 Å². The fraction of sp³-hybridized carbons (Fsp3) is 0.231. The van der Waals surface area contributed by atoms with Crippen molar-refractivity contribution in [1.29, 1.82) is 0 Å². The smallest absolute Gasteiger partial charge is 0.217 e. The standard InChI is InChI=1S/C17H18N2O3.C9H10N2O4/c1-12-9-15(22-11-13-5-3-2-4-6-13)17(19-10-12)14(20)7-8-16(18)21;10-8(15)2-1-6(13)9-7(14)3-5(12)4-11-9/h2-6,9-10H,7-8,11H2,1H3,(H2,18,21);3-4,12,14H,1-2H2,(H2,10,15). The molecule has 3 aromatic rings. The van der Waals surface area contributed by atoms with Crippen molar-refractivity contribution in [3.05, 3.63) is 77.4 Å². The van der Waals surface area contributed by atoms with Crippen LogP contribution in [-0.2, 0) is 16.2 Å². The van der Waals surface area contributed by atoms with Crippen molar-refractivity contribution in [3.63, 3.8) is 0 Å². The molecule has 0 radical (unpaired) electrons. The van der Waals surface area contributed by atoms with Gasteiger partial charge in [-0.2, -0.15) is 0 Å². The van der Waals surface area contributed by atoms with Crippen molar-refractivity contribution in [2.75, 3.05) is 0 Å². The molecule has 1 aromatic carbocycles. The lowest BCUT2D eigenvalue weighted by atomic mass is 10.1. The number of aryl methyl sites for hydroxylation is 1. The lowest BCUT2D eigenvalue weighted by Gasteiger charge is -2.11. The number of primary amides is 2. The number of pyridine rings is 2. The summed E-state index contributed by atoms with van der Waals surface area (Å²) in [5, 5.41) is 18.2. The van der Waals surface area contributed by atoms with Crippen molar-refractivity contribution in [1.82, 2.24) is 9.97 Å². The van der Waals surface area contributed by atoms with Gasteiger partial charge in [0.2, 0.25) is 11.8 Å². The van der Waals surface area contributed by atoms with Gasteiger partial charge in [0.1, 0.15) is 35.2 Å². The van der Waals surface area contributed by atoms with Crippen LogP contribution >= 0.6 is 0 Å². The number of amides is 2. The summed E-state index contributed by atoms with van der Waals surface area (Å²) < 4.78 is 5.73. The fourth-order valence-corrected chi connectivity index (χ4v) is 2.96. The number of rotatable bonds is 11. The van der Waals surface area contributed by atoms with E-state index in [1.165, 1.54) is 0 Å². The lowest BCUT2D eigenvalue weighted by molar-refractivity contribution is -0.118. The molecule has 0 fully saturated rings. The molecule has 11 nitrogen and oxygen atoms in total. The number of nitrogens with two attached hydrogens (primary N) is 2. The van der Waals surface area contributed by atoms with Crippen molar-refractivity contribution in [2.45, 2.75) is 39.2 Å². The molecule has 3 rings (SSSR count). The van der Waals surface area contributed by atoms with Crippen LogP contribution in [-0.4, -0.2) is 43.6 Å². The number of ketones is 2. The second-order valence-corrected chi connectivity index (χ2v) is 7.97. The molecule has 0 saturated carbocycles. The van der Waals surface area contributed by atoms with E-state index >= 15 is 0 Å². The zero-order chi connectivity index (χ0) is 27.4. The Morgan fingerprint density at radius 1 is 0.811 bits per heavy atom. The first-order valence-corrected chi connectivity index (χ1v) is 11.2. The number of ether oxygens (including phenoxy) is 1. The molecule has 6 N–H and O–H groups in total. The third-order valence-corrected chi connectivity index (χ3v) is 4.80. The second-order valence-electron chi connectivity index (χ2n) is 7.97. The van der Waals surface area contributed by atoms with E-state index in [0.717, 1.165) is 23.4 Å². The molecular formula is C26H28N4O7. The molecule has 2 aromatic heterocycles. The molecule has 0 atom stereocenters. The molecule has 0 bridgehead atoms. The summed E-state index contributed by atoms with van der Waals surface area (Å²) in [6.45, 7) is 2.22. The Hall–Kier alpha value is -4.80. The summed E-state index contributed by atoms with van der Waals surface area (Å²) in [4.78, 5) is 52.4. The summed E-state index contributed by atoms with van der Waals surface area (Å²) in [6, 6.07) is 12.4. The molecule has 2 amide bonds. The first-order valence-electron chi connectivity index (χ1n) is 11.2. The first-order chi connectivity index (χ1) is 17.6. The minimum atomic E-state index is -0.596. The fourth-order valence-electron chi connectivity index (χ4n) is 2.96. The molecule has 194 valence electrons. The monoisotopic (exact) mass is 508 g/mol. The number of carbonyl (C=O) groups is 4. The average Bonchev–Trinajstić information content (AvgIpc) is 2.85. The van der Waals surface area contributed by atoms with Crippen molar-refractivity contribution < 1.29 is 34.1 Å². The van der Waals surface area contributed by atoms with Crippen molar-refractivity contribution in [2.24, 2.45) is 11.5 Å². The van der Waals surface area contributed by atoms with Gasteiger partial charge in [0, 0.05) is 37.9 Å². The number of benzene rings is 1. The molecule has 2 heterocycles. The molecule has 0 aliphatic carbocycles. The molecular weight excluding hydrogens is 480 g/mol. The predicted molar refractivity (Wildman–Crippen MR) is 133 cm³/mol. The summed E-state index contributed by atoms with van der Waals surface area (Å²) in [6.07, 6.45) is 2.48.